The van der Waals surface area contributed by atoms with Gasteiger partial charge in [-0.05, 0) is 48.2 Å². The highest BCUT2D eigenvalue weighted by Crippen LogP contribution is 2.27. The van der Waals surface area contributed by atoms with Crippen LogP contribution in [0.25, 0.3) is 11.1 Å². The average molecular weight is 520 g/mol. The Bertz CT molecular complexity index is 1350. The minimum Gasteiger partial charge on any atom is -0.300 e. The molecule has 37 heavy (non-hydrogen) atoms. The first kappa shape index (κ1) is 26.7. The van der Waals surface area contributed by atoms with Gasteiger partial charge in [0, 0.05) is 82.7 Å². The van der Waals surface area contributed by atoms with E-state index < -0.39 is 10.0 Å². The third kappa shape index (κ3) is 6.92. The molecule has 0 spiro atoms. The lowest BCUT2D eigenvalue weighted by Gasteiger charge is -2.34. The van der Waals surface area contributed by atoms with Crippen molar-refractivity contribution in [1.82, 2.24) is 24.0 Å². The van der Waals surface area contributed by atoms with Crippen molar-refractivity contribution in [3.8, 4) is 23.5 Å². The van der Waals surface area contributed by atoms with Crippen LogP contribution < -0.4 is 0 Å². The third-order valence-electron chi connectivity index (χ3n) is 6.74. The molecule has 2 aromatic heterocycles. The summed E-state index contributed by atoms with van der Waals surface area (Å²) < 4.78 is 30.5. The molecule has 8 nitrogen and oxygen atoms in total. The summed E-state index contributed by atoms with van der Waals surface area (Å²) in [5, 5.41) is 4.35. The summed E-state index contributed by atoms with van der Waals surface area (Å²) in [6, 6.07) is 9.51. The van der Waals surface area contributed by atoms with E-state index in [2.05, 4.69) is 20.9 Å². The van der Waals surface area contributed by atoms with Gasteiger partial charge in [-0.25, -0.2) is 8.42 Å². The number of carbonyl (C=O) groups is 1. The lowest BCUT2D eigenvalue weighted by atomic mass is 10.1. The van der Waals surface area contributed by atoms with E-state index >= 15 is 0 Å². The number of nitrogens with zero attached hydrogens (tertiary/aromatic N) is 5. The molecule has 1 aliphatic heterocycles. The van der Waals surface area contributed by atoms with Crippen LogP contribution in [0.4, 0.5) is 0 Å². The van der Waals surface area contributed by atoms with Gasteiger partial charge in [0.05, 0.1) is 11.1 Å². The van der Waals surface area contributed by atoms with Crippen molar-refractivity contribution in [1.29, 1.82) is 0 Å². The van der Waals surface area contributed by atoms with Gasteiger partial charge in [0.25, 0.3) is 0 Å². The van der Waals surface area contributed by atoms with Gasteiger partial charge < -0.3 is 4.90 Å². The van der Waals surface area contributed by atoms with E-state index in [1.54, 1.807) is 33.6 Å². The Labute approximate surface area is 219 Å². The fourth-order valence-electron chi connectivity index (χ4n) is 4.44. The monoisotopic (exact) mass is 519 g/mol. The largest absolute Gasteiger partial charge is 0.300 e. The Morgan fingerprint density at radius 2 is 1.78 bits per heavy atom. The maximum atomic E-state index is 13.6. The van der Waals surface area contributed by atoms with E-state index in [-0.39, 0.29) is 5.78 Å². The third-order valence-corrected chi connectivity index (χ3v) is 8.78. The molecule has 3 heterocycles. The lowest BCUT2D eigenvalue weighted by Crippen LogP contribution is -2.49. The summed E-state index contributed by atoms with van der Waals surface area (Å²) in [6.45, 7) is 5.53. The number of hydrogen-bond donors (Lipinski definition) is 0. The number of aromatic nitrogens is 3. The number of sulfonamides is 1. The number of rotatable bonds is 11. The first-order chi connectivity index (χ1) is 17.9. The first-order valence-electron chi connectivity index (χ1n) is 12.6. The molecule has 3 aromatic rings. The van der Waals surface area contributed by atoms with Gasteiger partial charge in [-0.1, -0.05) is 12.1 Å². The second kappa shape index (κ2) is 12.3. The van der Waals surface area contributed by atoms with Gasteiger partial charge in [0.15, 0.2) is 0 Å². The van der Waals surface area contributed by atoms with Gasteiger partial charge in [0.2, 0.25) is 10.0 Å². The van der Waals surface area contributed by atoms with E-state index in [9.17, 15) is 13.2 Å². The molecule has 0 bridgehead atoms. The number of piperazine rings is 1. The van der Waals surface area contributed by atoms with Crippen molar-refractivity contribution in [3.63, 3.8) is 0 Å². The van der Waals surface area contributed by atoms with Crippen LogP contribution in [0.5, 0.6) is 0 Å². The van der Waals surface area contributed by atoms with Crippen molar-refractivity contribution in [2.45, 2.75) is 44.0 Å². The molecule has 0 saturated carbocycles. The molecule has 0 atom stereocenters. The van der Waals surface area contributed by atoms with Crippen molar-refractivity contribution < 1.29 is 13.2 Å². The van der Waals surface area contributed by atoms with Gasteiger partial charge in [-0.3, -0.25) is 14.5 Å². The molecule has 1 saturated heterocycles. The van der Waals surface area contributed by atoms with Crippen molar-refractivity contribution >= 4 is 15.8 Å². The second-order valence-electron chi connectivity index (χ2n) is 9.32. The zero-order chi connectivity index (χ0) is 26.3. The van der Waals surface area contributed by atoms with E-state index in [0.29, 0.717) is 56.9 Å². The van der Waals surface area contributed by atoms with Crippen LogP contribution >= 0.6 is 0 Å². The SMILES string of the molecule is C#CCCC(=O)CCn1cc(-c2ccc(C)c(S(=O)(=O)N3CCN(CCc4ccncc4)CC3)c2)cn1. The molecular weight excluding hydrogens is 486 g/mol. The quantitative estimate of drug-likeness (QED) is 0.362. The number of hydrogen-bond acceptors (Lipinski definition) is 6. The Balaban J connectivity index is 1.39. The van der Waals surface area contributed by atoms with E-state index in [0.717, 1.165) is 29.7 Å². The predicted molar refractivity (Wildman–Crippen MR) is 143 cm³/mol. The zero-order valence-electron chi connectivity index (χ0n) is 21.2. The Hall–Kier alpha value is -3.32. The Morgan fingerprint density at radius 1 is 1.03 bits per heavy atom. The van der Waals surface area contributed by atoms with Crippen LogP contribution in [0.3, 0.4) is 0 Å². The molecule has 0 amide bonds. The maximum absolute atomic E-state index is 13.6. The first-order valence-corrected chi connectivity index (χ1v) is 14.0. The molecular formula is C28H33N5O3S. The van der Waals surface area contributed by atoms with Crippen molar-refractivity contribution in [2.75, 3.05) is 32.7 Å². The predicted octanol–water partition coefficient (Wildman–Crippen LogP) is 3.18. The topological polar surface area (TPSA) is 88.4 Å². The van der Waals surface area contributed by atoms with Crippen LogP contribution in [0.1, 0.15) is 30.4 Å². The number of benzene rings is 1. The van der Waals surface area contributed by atoms with Crippen LogP contribution in [0.15, 0.2) is 60.0 Å². The van der Waals surface area contributed by atoms with Crippen molar-refractivity contribution in [2.24, 2.45) is 0 Å². The normalized spacial score (nSPS) is 14.9. The summed E-state index contributed by atoms with van der Waals surface area (Å²) in [5.41, 5.74) is 3.55. The number of Topliss-reactive ketones (excluding diaryl/α,β-unsaturated/α-hetero) is 1. The smallest absolute Gasteiger partial charge is 0.243 e. The molecule has 0 radical (unpaired) electrons. The molecule has 1 fully saturated rings. The standard InChI is InChI=1S/C28H33N5O3S/c1-3-4-5-27(34)11-15-32-22-26(21-30-32)25-7-6-23(2)28(20-25)37(35,36)33-18-16-31(17-19-33)14-10-24-8-12-29-13-9-24/h1,6-9,12-13,20-22H,4-5,10-11,14-19H2,2H3. The van der Waals surface area contributed by atoms with Gasteiger partial charge in [-0.15, -0.1) is 12.3 Å². The van der Waals surface area contributed by atoms with E-state index in [1.807, 2.05) is 37.4 Å². The highest BCUT2D eigenvalue weighted by Gasteiger charge is 2.30. The number of carbonyl (C=O) groups excluding carboxylic acids is 1. The Kier molecular flexibility index (Phi) is 8.87. The molecule has 194 valence electrons. The average Bonchev–Trinajstić information content (AvgIpc) is 3.39. The van der Waals surface area contributed by atoms with Gasteiger partial charge in [-0.2, -0.15) is 9.40 Å². The molecule has 0 unspecified atom stereocenters. The number of ketones is 1. The molecule has 9 heteroatoms. The number of pyridine rings is 1. The molecule has 1 aromatic carbocycles. The molecule has 1 aliphatic rings. The molecule has 4 rings (SSSR count). The minimum atomic E-state index is -3.63. The molecule has 0 aliphatic carbocycles. The van der Waals surface area contributed by atoms with Crippen LogP contribution in [-0.4, -0.2) is 70.9 Å². The summed E-state index contributed by atoms with van der Waals surface area (Å²) in [6.07, 6.45) is 14.5. The summed E-state index contributed by atoms with van der Waals surface area (Å²) in [4.78, 5) is 18.6. The van der Waals surface area contributed by atoms with E-state index in [4.69, 9.17) is 6.42 Å². The van der Waals surface area contributed by atoms with Gasteiger partial charge in [0.1, 0.15) is 5.78 Å². The highest BCUT2D eigenvalue weighted by molar-refractivity contribution is 7.89. The lowest BCUT2D eigenvalue weighted by molar-refractivity contribution is -0.119. The summed E-state index contributed by atoms with van der Waals surface area (Å²) in [7, 11) is -3.63. The fraction of sp³-hybridized carbons (Fsp3) is 0.393. The zero-order valence-corrected chi connectivity index (χ0v) is 22.0. The van der Waals surface area contributed by atoms with Crippen LogP contribution in [0, 0.1) is 19.3 Å². The van der Waals surface area contributed by atoms with Crippen molar-refractivity contribution in [3.05, 3.63) is 66.2 Å². The van der Waals surface area contributed by atoms with Crippen LogP contribution in [-0.2, 0) is 27.8 Å². The second-order valence-corrected chi connectivity index (χ2v) is 11.2. The van der Waals surface area contributed by atoms with Crippen LogP contribution in [0.2, 0.25) is 0 Å². The number of terminal acetylenes is 1. The minimum absolute atomic E-state index is 0.108. The fourth-order valence-corrected chi connectivity index (χ4v) is 6.11. The van der Waals surface area contributed by atoms with E-state index in [1.165, 1.54) is 5.56 Å². The highest BCUT2D eigenvalue weighted by atomic mass is 32.2. The molecule has 0 N–H and O–H groups in total. The maximum Gasteiger partial charge on any atom is 0.243 e. The summed E-state index contributed by atoms with van der Waals surface area (Å²) >= 11 is 0. The number of aryl methyl sites for hydroxylation is 2. The summed E-state index contributed by atoms with van der Waals surface area (Å²) in [5.74, 6) is 2.59. The Morgan fingerprint density at radius 3 is 2.51 bits per heavy atom. The van der Waals surface area contributed by atoms with Gasteiger partial charge >= 0.3 is 0 Å².